The number of rotatable bonds is 4. The van der Waals surface area contributed by atoms with E-state index in [2.05, 4.69) is 29.9 Å². The first-order valence-electron chi connectivity index (χ1n) is 6.34. The number of nitrogens with zero attached hydrogens (tertiary/aromatic N) is 2. The third-order valence-corrected chi connectivity index (χ3v) is 3.09. The topological polar surface area (TPSA) is 51.8 Å². The third-order valence-electron chi connectivity index (χ3n) is 3.09. The molecule has 2 N–H and O–H groups in total. The van der Waals surface area contributed by atoms with Crippen LogP contribution in [0.4, 0.5) is 0 Å². The van der Waals surface area contributed by atoms with Crippen molar-refractivity contribution in [2.24, 2.45) is 5.73 Å². The van der Waals surface area contributed by atoms with Gasteiger partial charge in [-0.15, -0.1) is 0 Å². The SMILES string of the molecule is CCC(N)Cc1ccnc(-c2ccccc2C)n1. The smallest absolute Gasteiger partial charge is 0.159 e. The van der Waals surface area contributed by atoms with Gasteiger partial charge in [-0.3, -0.25) is 0 Å². The molecule has 94 valence electrons. The minimum Gasteiger partial charge on any atom is -0.327 e. The van der Waals surface area contributed by atoms with Crippen molar-refractivity contribution in [2.75, 3.05) is 0 Å². The average Bonchev–Trinajstić information content (AvgIpc) is 2.39. The van der Waals surface area contributed by atoms with Crippen molar-refractivity contribution in [1.29, 1.82) is 0 Å². The highest BCUT2D eigenvalue weighted by Crippen LogP contribution is 2.19. The van der Waals surface area contributed by atoms with Gasteiger partial charge in [-0.25, -0.2) is 9.97 Å². The van der Waals surface area contributed by atoms with Crippen molar-refractivity contribution in [3.05, 3.63) is 47.8 Å². The van der Waals surface area contributed by atoms with Crippen molar-refractivity contribution in [3.63, 3.8) is 0 Å². The zero-order valence-corrected chi connectivity index (χ0v) is 10.9. The maximum atomic E-state index is 5.96. The summed E-state index contributed by atoms with van der Waals surface area (Å²) in [6.07, 6.45) is 3.58. The van der Waals surface area contributed by atoms with E-state index < -0.39 is 0 Å². The normalized spacial score (nSPS) is 12.4. The molecule has 1 aromatic carbocycles. The van der Waals surface area contributed by atoms with Crippen molar-refractivity contribution < 1.29 is 0 Å². The van der Waals surface area contributed by atoms with Gasteiger partial charge in [-0.2, -0.15) is 0 Å². The van der Waals surface area contributed by atoms with Crippen LogP contribution in [-0.2, 0) is 6.42 Å². The van der Waals surface area contributed by atoms with Crippen LogP contribution in [0.25, 0.3) is 11.4 Å². The monoisotopic (exact) mass is 241 g/mol. The maximum absolute atomic E-state index is 5.96. The summed E-state index contributed by atoms with van der Waals surface area (Å²) in [6, 6.07) is 10.3. The lowest BCUT2D eigenvalue weighted by Gasteiger charge is -2.09. The lowest BCUT2D eigenvalue weighted by atomic mass is 10.1. The molecule has 1 unspecified atom stereocenters. The highest BCUT2D eigenvalue weighted by atomic mass is 14.9. The molecular formula is C15H19N3. The molecule has 0 aliphatic rings. The number of nitrogens with two attached hydrogens (primary N) is 1. The highest BCUT2D eigenvalue weighted by molar-refractivity contribution is 5.59. The van der Waals surface area contributed by atoms with Crippen LogP contribution in [0.3, 0.4) is 0 Å². The van der Waals surface area contributed by atoms with Gasteiger partial charge in [-0.05, 0) is 25.0 Å². The number of hydrogen-bond donors (Lipinski definition) is 1. The first kappa shape index (κ1) is 12.7. The molecule has 0 amide bonds. The van der Waals surface area contributed by atoms with E-state index in [9.17, 15) is 0 Å². The Labute approximate surface area is 108 Å². The fourth-order valence-electron chi connectivity index (χ4n) is 1.88. The second-order valence-corrected chi connectivity index (χ2v) is 4.56. The summed E-state index contributed by atoms with van der Waals surface area (Å²) in [4.78, 5) is 8.95. The Kier molecular flexibility index (Phi) is 4.05. The van der Waals surface area contributed by atoms with Crippen molar-refractivity contribution in [2.45, 2.75) is 32.7 Å². The Morgan fingerprint density at radius 2 is 2.00 bits per heavy atom. The number of aromatic nitrogens is 2. The summed E-state index contributed by atoms with van der Waals surface area (Å²) in [7, 11) is 0. The van der Waals surface area contributed by atoms with Gasteiger partial charge in [0.1, 0.15) is 0 Å². The predicted molar refractivity (Wildman–Crippen MR) is 74.2 cm³/mol. The van der Waals surface area contributed by atoms with Gasteiger partial charge in [0.15, 0.2) is 5.82 Å². The van der Waals surface area contributed by atoms with Gasteiger partial charge in [0.2, 0.25) is 0 Å². The zero-order chi connectivity index (χ0) is 13.0. The fourth-order valence-corrected chi connectivity index (χ4v) is 1.88. The van der Waals surface area contributed by atoms with E-state index in [-0.39, 0.29) is 6.04 Å². The summed E-state index contributed by atoms with van der Waals surface area (Å²) in [5.41, 5.74) is 9.25. The van der Waals surface area contributed by atoms with E-state index in [0.29, 0.717) is 0 Å². The summed E-state index contributed by atoms with van der Waals surface area (Å²) in [6.45, 7) is 4.16. The Morgan fingerprint density at radius 3 is 2.72 bits per heavy atom. The molecular weight excluding hydrogens is 222 g/mol. The van der Waals surface area contributed by atoms with E-state index in [1.54, 1.807) is 0 Å². The number of aryl methyl sites for hydroxylation is 1. The summed E-state index contributed by atoms with van der Waals surface area (Å²) < 4.78 is 0. The number of hydrogen-bond acceptors (Lipinski definition) is 3. The molecule has 0 aliphatic carbocycles. The largest absolute Gasteiger partial charge is 0.327 e. The van der Waals surface area contributed by atoms with Gasteiger partial charge in [0, 0.05) is 29.9 Å². The molecule has 0 fully saturated rings. The second kappa shape index (κ2) is 5.74. The first-order chi connectivity index (χ1) is 8.70. The van der Waals surface area contributed by atoms with E-state index in [1.165, 1.54) is 5.56 Å². The van der Waals surface area contributed by atoms with Crippen LogP contribution < -0.4 is 5.73 Å². The van der Waals surface area contributed by atoms with Gasteiger partial charge in [-0.1, -0.05) is 31.2 Å². The molecule has 0 aliphatic heterocycles. The quantitative estimate of drug-likeness (QED) is 0.895. The molecule has 0 radical (unpaired) electrons. The Morgan fingerprint density at radius 1 is 1.22 bits per heavy atom. The first-order valence-corrected chi connectivity index (χ1v) is 6.34. The molecule has 0 spiro atoms. The Hall–Kier alpha value is -1.74. The predicted octanol–water partition coefficient (Wildman–Crippen LogP) is 2.73. The molecule has 3 heteroatoms. The van der Waals surface area contributed by atoms with Crippen molar-refractivity contribution in [1.82, 2.24) is 9.97 Å². The summed E-state index contributed by atoms with van der Waals surface area (Å²) in [5, 5.41) is 0. The number of benzene rings is 1. The summed E-state index contributed by atoms with van der Waals surface area (Å²) in [5.74, 6) is 0.786. The van der Waals surface area contributed by atoms with Gasteiger partial charge in [0.05, 0.1) is 0 Å². The molecule has 3 nitrogen and oxygen atoms in total. The lowest BCUT2D eigenvalue weighted by Crippen LogP contribution is -2.22. The molecule has 1 atom stereocenters. The van der Waals surface area contributed by atoms with Crippen LogP contribution in [0.2, 0.25) is 0 Å². The van der Waals surface area contributed by atoms with E-state index in [0.717, 1.165) is 29.9 Å². The van der Waals surface area contributed by atoms with E-state index >= 15 is 0 Å². The molecule has 1 aromatic heterocycles. The van der Waals surface area contributed by atoms with E-state index in [4.69, 9.17) is 5.73 Å². The minimum atomic E-state index is 0.171. The maximum Gasteiger partial charge on any atom is 0.159 e. The van der Waals surface area contributed by atoms with Gasteiger partial charge in [0.25, 0.3) is 0 Å². The van der Waals surface area contributed by atoms with Crippen molar-refractivity contribution >= 4 is 0 Å². The zero-order valence-electron chi connectivity index (χ0n) is 10.9. The van der Waals surface area contributed by atoms with Gasteiger partial charge >= 0.3 is 0 Å². The molecule has 0 saturated heterocycles. The molecule has 2 aromatic rings. The van der Waals surface area contributed by atoms with Crippen LogP contribution in [0.5, 0.6) is 0 Å². The molecule has 0 saturated carbocycles. The average molecular weight is 241 g/mol. The van der Waals surface area contributed by atoms with Crippen LogP contribution >= 0.6 is 0 Å². The van der Waals surface area contributed by atoms with Crippen LogP contribution in [0.1, 0.15) is 24.6 Å². The second-order valence-electron chi connectivity index (χ2n) is 4.56. The molecule has 1 heterocycles. The van der Waals surface area contributed by atoms with Crippen molar-refractivity contribution in [3.8, 4) is 11.4 Å². The molecule has 0 bridgehead atoms. The van der Waals surface area contributed by atoms with Crippen LogP contribution in [-0.4, -0.2) is 16.0 Å². The van der Waals surface area contributed by atoms with Crippen LogP contribution in [0, 0.1) is 6.92 Å². The standard InChI is InChI=1S/C15H19N3/c1-3-12(16)10-13-8-9-17-15(18-13)14-7-5-4-6-11(14)2/h4-9,12H,3,10,16H2,1-2H3. The minimum absolute atomic E-state index is 0.171. The van der Waals surface area contributed by atoms with Gasteiger partial charge < -0.3 is 5.73 Å². The molecule has 18 heavy (non-hydrogen) atoms. The van der Waals surface area contributed by atoms with Crippen LogP contribution in [0.15, 0.2) is 36.5 Å². The lowest BCUT2D eigenvalue weighted by molar-refractivity contribution is 0.636. The fraction of sp³-hybridized carbons (Fsp3) is 0.333. The summed E-state index contributed by atoms with van der Waals surface area (Å²) >= 11 is 0. The van der Waals surface area contributed by atoms with E-state index in [1.807, 2.05) is 30.5 Å². The third kappa shape index (κ3) is 2.93. The highest BCUT2D eigenvalue weighted by Gasteiger charge is 2.07. The Balaban J connectivity index is 2.30. The Bertz CT molecular complexity index is 523. The molecule has 2 rings (SSSR count).